The highest BCUT2D eigenvalue weighted by Crippen LogP contribution is 2.47. The summed E-state index contributed by atoms with van der Waals surface area (Å²) in [6, 6.07) is 0. The molecule has 12 nitrogen and oxygen atoms in total. The van der Waals surface area contributed by atoms with E-state index < -0.39 is 37.7 Å². The van der Waals surface area contributed by atoms with Crippen molar-refractivity contribution in [3.63, 3.8) is 0 Å². The molecule has 12 heteroatoms. The summed E-state index contributed by atoms with van der Waals surface area (Å²) in [4.78, 5) is 0. The molecule has 22 fully saturated rings. The van der Waals surface area contributed by atoms with Gasteiger partial charge in [0.25, 0.3) is 0 Å². The Balaban J connectivity index is 1.19. The van der Waals surface area contributed by atoms with Crippen LogP contribution in [0.4, 0.5) is 0 Å². The molecule has 0 saturated carbocycles. The second-order valence-electron chi connectivity index (χ2n) is 22.6. The van der Waals surface area contributed by atoms with Crippen LogP contribution < -0.4 is 0 Å². The van der Waals surface area contributed by atoms with E-state index in [2.05, 4.69) is 125 Å². The lowest BCUT2D eigenvalue weighted by Gasteiger charge is -2.53. The molecule has 66 heavy (non-hydrogen) atoms. The van der Waals surface area contributed by atoms with Crippen LogP contribution in [0.2, 0.25) is 0 Å². The largest absolute Gasteiger partial charge is 0.346 e. The van der Waals surface area contributed by atoms with Crippen molar-refractivity contribution in [3.8, 4) is 0 Å². The minimum atomic E-state index is -0.394. The standard InChI is InChI=1S/C54H96O12/c1-19-37-43-25(7)31(13)49(55-37)62-44-27(9)33(15)51(57-38(44)20-2)64-46-29(11)35(17)53(59-40(46)22-4)66-48-30(12)36(18)54(60-42(48)24-6)65-47-28(10)34(16)52(58-41(47)23-5)63-45-26(8)32(14)50(61-43)56-39(45)21-3/h25-54H,19-24H2,1-18H3. The van der Waals surface area contributed by atoms with E-state index in [0.29, 0.717) is 0 Å². The summed E-state index contributed by atoms with van der Waals surface area (Å²) in [5, 5.41) is 0. The molecule has 22 aliphatic heterocycles. The van der Waals surface area contributed by atoms with E-state index in [0.717, 1.165) is 38.5 Å². The number of hydrogen-bond donors (Lipinski definition) is 0. The molecule has 30 atom stereocenters. The van der Waals surface area contributed by atoms with Gasteiger partial charge >= 0.3 is 0 Å². The molecule has 22 aliphatic rings. The van der Waals surface area contributed by atoms with Crippen molar-refractivity contribution in [1.82, 2.24) is 0 Å². The Labute approximate surface area is 400 Å². The molecule has 0 aromatic rings. The fourth-order valence-electron chi connectivity index (χ4n) is 12.7. The maximum atomic E-state index is 7.13. The lowest BCUT2D eigenvalue weighted by molar-refractivity contribution is -0.376. The normalized spacial score (nSPS) is 55.4. The third kappa shape index (κ3) is 10.3. The molecular weight excluding hydrogens is 841 g/mol. The van der Waals surface area contributed by atoms with E-state index in [4.69, 9.17) is 56.8 Å². The van der Waals surface area contributed by atoms with Gasteiger partial charge in [0.1, 0.15) is 0 Å². The van der Waals surface area contributed by atoms with Crippen LogP contribution in [-0.4, -0.2) is 111 Å². The van der Waals surface area contributed by atoms with E-state index in [9.17, 15) is 0 Å². The van der Waals surface area contributed by atoms with Gasteiger partial charge in [0.2, 0.25) is 0 Å². The summed E-state index contributed by atoms with van der Waals surface area (Å²) in [6.45, 7) is 40.4. The van der Waals surface area contributed by atoms with Gasteiger partial charge in [-0.05, 0) is 74.0 Å². The van der Waals surface area contributed by atoms with Crippen molar-refractivity contribution in [2.45, 2.75) is 274 Å². The van der Waals surface area contributed by atoms with Gasteiger partial charge in [-0.25, -0.2) is 0 Å². The summed E-state index contributed by atoms with van der Waals surface area (Å²) in [5.74, 6) is 1.45. The molecule has 22 rings (SSSR count). The minimum Gasteiger partial charge on any atom is -0.346 e. The average Bonchev–Trinajstić information content (AvgIpc) is 3.31. The molecule has 384 valence electrons. The van der Waals surface area contributed by atoms with Gasteiger partial charge in [-0.1, -0.05) is 125 Å². The van der Waals surface area contributed by atoms with E-state index in [-0.39, 0.29) is 144 Å². The zero-order valence-electron chi connectivity index (χ0n) is 44.5. The molecule has 0 spiro atoms. The summed E-state index contributed by atoms with van der Waals surface area (Å²) in [5.41, 5.74) is 0. The molecule has 0 aromatic carbocycles. The second kappa shape index (κ2) is 22.5. The van der Waals surface area contributed by atoms with Gasteiger partial charge in [-0.2, -0.15) is 0 Å². The predicted molar refractivity (Wildman–Crippen MR) is 253 cm³/mol. The van der Waals surface area contributed by atoms with Crippen molar-refractivity contribution >= 4 is 0 Å². The van der Waals surface area contributed by atoms with Gasteiger partial charge in [0, 0.05) is 35.5 Å². The highest BCUT2D eigenvalue weighted by atomic mass is 16.8. The quantitative estimate of drug-likeness (QED) is 0.253. The van der Waals surface area contributed by atoms with Crippen LogP contribution in [0.25, 0.3) is 0 Å². The zero-order chi connectivity index (χ0) is 48.0. The lowest BCUT2D eigenvalue weighted by atomic mass is 9.80. The van der Waals surface area contributed by atoms with Gasteiger partial charge in [-0.15, -0.1) is 0 Å². The van der Waals surface area contributed by atoms with Crippen LogP contribution in [-0.2, 0) is 56.8 Å². The Morgan fingerprint density at radius 1 is 0.182 bits per heavy atom. The number of rotatable bonds is 6. The van der Waals surface area contributed by atoms with Crippen LogP contribution in [0.3, 0.4) is 0 Å². The van der Waals surface area contributed by atoms with E-state index in [1.54, 1.807) is 0 Å². The first kappa shape index (κ1) is 53.3. The summed E-state index contributed by atoms with van der Waals surface area (Å²) < 4.78 is 84.6. The van der Waals surface area contributed by atoms with Crippen molar-refractivity contribution in [2.24, 2.45) is 71.0 Å². The highest BCUT2D eigenvalue weighted by Gasteiger charge is 2.55. The van der Waals surface area contributed by atoms with Crippen LogP contribution in [0.15, 0.2) is 0 Å². The van der Waals surface area contributed by atoms with E-state index >= 15 is 0 Å². The molecule has 30 unspecified atom stereocenters. The van der Waals surface area contributed by atoms with Gasteiger partial charge < -0.3 is 56.8 Å². The average molecular weight is 937 g/mol. The highest BCUT2D eigenvalue weighted by molar-refractivity contribution is 4.96. The molecule has 0 amide bonds. The van der Waals surface area contributed by atoms with E-state index in [1.807, 2.05) is 0 Å². The molecule has 0 radical (unpaired) electrons. The monoisotopic (exact) mass is 937 g/mol. The second-order valence-corrected chi connectivity index (χ2v) is 22.6. The fraction of sp³-hybridized carbons (Fsp3) is 1.00. The Kier molecular flexibility index (Phi) is 18.2. The smallest absolute Gasteiger partial charge is 0.161 e. The third-order valence-electron chi connectivity index (χ3n) is 18.9. The summed E-state index contributed by atoms with van der Waals surface area (Å²) in [6.07, 6.45) is 0.613. The molecule has 0 N–H and O–H groups in total. The van der Waals surface area contributed by atoms with Gasteiger partial charge in [0.15, 0.2) is 37.7 Å². The maximum Gasteiger partial charge on any atom is 0.161 e. The predicted octanol–water partition coefficient (Wildman–Crippen LogP) is 10.8. The van der Waals surface area contributed by atoms with Crippen molar-refractivity contribution in [2.75, 3.05) is 0 Å². The Morgan fingerprint density at radius 2 is 0.303 bits per heavy atom. The molecule has 22 heterocycles. The molecule has 22 saturated heterocycles. The van der Waals surface area contributed by atoms with E-state index in [1.165, 1.54) is 0 Å². The van der Waals surface area contributed by atoms with Crippen molar-refractivity contribution in [3.05, 3.63) is 0 Å². The Morgan fingerprint density at radius 3 is 0.409 bits per heavy atom. The first-order valence-electron chi connectivity index (χ1n) is 27.3. The first-order valence-corrected chi connectivity index (χ1v) is 27.3. The topological polar surface area (TPSA) is 111 Å². The van der Waals surface area contributed by atoms with Crippen molar-refractivity contribution < 1.29 is 56.8 Å². The first-order chi connectivity index (χ1) is 31.4. The Bertz CT molecular complexity index is 1210. The minimum absolute atomic E-state index is 0.0792. The van der Waals surface area contributed by atoms with Crippen LogP contribution in [0, 0.1) is 71.0 Å². The van der Waals surface area contributed by atoms with Gasteiger partial charge in [-0.3, -0.25) is 0 Å². The third-order valence-corrected chi connectivity index (χ3v) is 18.9. The maximum absolute atomic E-state index is 7.13. The molecule has 12 bridgehead atoms. The van der Waals surface area contributed by atoms with Crippen LogP contribution in [0.1, 0.15) is 163 Å². The SMILES string of the molecule is CCC1OC2OC3C(CC)OC(OC4C(CC)OC(OC5C(CC)OC(OC6C(CC)OC(OC7C(CC)OC(OC1C(C)C2C)C(C)C7C)C(C)C6C)C(C)C5C)C(C)C4C)C(C)C3C. The molecule has 0 aromatic heterocycles. The van der Waals surface area contributed by atoms with Crippen molar-refractivity contribution in [1.29, 1.82) is 0 Å². The lowest BCUT2D eigenvalue weighted by Crippen LogP contribution is -2.61. The number of ether oxygens (including phenoxy) is 12. The van der Waals surface area contributed by atoms with Gasteiger partial charge in [0.05, 0.1) is 73.2 Å². The Hall–Kier alpha value is -0.480. The molecular formula is C54H96O12. The zero-order valence-corrected chi connectivity index (χ0v) is 44.5. The molecule has 0 aliphatic carbocycles. The van der Waals surface area contributed by atoms with Crippen LogP contribution in [0.5, 0.6) is 0 Å². The fourth-order valence-corrected chi connectivity index (χ4v) is 12.7. The summed E-state index contributed by atoms with van der Waals surface area (Å²) >= 11 is 0. The number of hydrogen-bond acceptors (Lipinski definition) is 12. The summed E-state index contributed by atoms with van der Waals surface area (Å²) in [7, 11) is 0. The van der Waals surface area contributed by atoms with Crippen LogP contribution >= 0.6 is 0 Å².